The first kappa shape index (κ1) is 28.1. The number of aromatic nitrogens is 1. The van der Waals surface area contributed by atoms with Crippen molar-refractivity contribution in [1.82, 2.24) is 14.8 Å². The molecule has 6 nitrogen and oxygen atoms in total. The lowest BCUT2D eigenvalue weighted by Crippen LogP contribution is -2.48. The average Bonchev–Trinajstić information content (AvgIpc) is 2.97. The molecular formula is C33H40FN3O3. The molecule has 212 valence electrons. The molecule has 3 heterocycles. The van der Waals surface area contributed by atoms with Gasteiger partial charge < -0.3 is 14.4 Å². The molecule has 1 aromatic heterocycles. The summed E-state index contributed by atoms with van der Waals surface area (Å²) in [4.78, 5) is 21.9. The minimum atomic E-state index is -0.297. The number of carbonyl (C=O) groups excluding carboxylic acids is 1. The summed E-state index contributed by atoms with van der Waals surface area (Å²) in [7, 11) is 0. The normalized spacial score (nSPS) is 18.2. The fourth-order valence-electron chi connectivity index (χ4n) is 6.05. The molecule has 0 bridgehead atoms. The maximum atomic E-state index is 13.1. The number of aryl methyl sites for hydroxylation is 1. The lowest BCUT2D eigenvalue weighted by molar-refractivity contribution is -0.134. The number of hydrogen-bond donors (Lipinski definition) is 0. The van der Waals surface area contributed by atoms with Crippen LogP contribution in [0.5, 0.6) is 11.5 Å². The zero-order valence-corrected chi connectivity index (χ0v) is 23.3. The zero-order valence-electron chi connectivity index (χ0n) is 23.3. The molecule has 0 saturated carbocycles. The minimum absolute atomic E-state index is 0.127. The first-order valence-corrected chi connectivity index (χ1v) is 14.6. The molecule has 1 saturated heterocycles. The van der Waals surface area contributed by atoms with Gasteiger partial charge in [0.15, 0.2) is 0 Å². The molecule has 0 N–H and O–H groups in total. The van der Waals surface area contributed by atoms with Crippen LogP contribution < -0.4 is 9.47 Å². The smallest absolute Gasteiger partial charge is 0.225 e. The second kappa shape index (κ2) is 13.8. The molecule has 40 heavy (non-hydrogen) atoms. The van der Waals surface area contributed by atoms with E-state index in [1.165, 1.54) is 23.3 Å². The summed E-state index contributed by atoms with van der Waals surface area (Å²) in [6.07, 6.45) is 10.6. The Balaban J connectivity index is 1.22. The van der Waals surface area contributed by atoms with E-state index in [4.69, 9.17) is 9.47 Å². The van der Waals surface area contributed by atoms with Crippen molar-refractivity contribution in [3.05, 3.63) is 90.0 Å². The maximum absolute atomic E-state index is 13.1. The lowest BCUT2D eigenvalue weighted by atomic mass is 9.73. The van der Waals surface area contributed by atoms with Gasteiger partial charge in [-0.25, -0.2) is 4.39 Å². The number of para-hydroxylation sites is 1. The molecule has 1 fully saturated rings. The third-order valence-corrected chi connectivity index (χ3v) is 8.30. The Morgan fingerprint density at radius 2 is 1.80 bits per heavy atom. The SMILES string of the molecule is O=C(CCOc1ccc(F)cc1)N1CCC2(CCCCc3ccccc3OCCN(Cc3cccnc3)C2)CC1. The van der Waals surface area contributed by atoms with Crippen LogP contribution >= 0.6 is 0 Å². The van der Waals surface area contributed by atoms with Crippen LogP contribution in [0.25, 0.3) is 0 Å². The number of hydrogen-bond acceptors (Lipinski definition) is 5. The van der Waals surface area contributed by atoms with E-state index >= 15 is 0 Å². The standard InChI is InChI=1S/C33H40FN3O3/c34-29-10-12-30(13-11-29)39-22-14-32(38)37-19-16-33(17-20-37)15-4-3-8-28-7-1-2-9-31(28)40-23-21-36(26-33)25-27-6-5-18-35-24-27/h1-2,5-7,9-13,18,24H,3-4,8,14-17,19-23,25-26H2. The number of rotatable bonds is 6. The Morgan fingerprint density at radius 3 is 2.60 bits per heavy atom. The van der Waals surface area contributed by atoms with Crippen molar-refractivity contribution in [3.63, 3.8) is 0 Å². The highest BCUT2D eigenvalue weighted by Gasteiger charge is 2.37. The molecule has 1 amide bonds. The van der Waals surface area contributed by atoms with Gasteiger partial charge in [0.05, 0.1) is 13.0 Å². The third kappa shape index (κ3) is 7.81. The van der Waals surface area contributed by atoms with Gasteiger partial charge in [-0.1, -0.05) is 30.7 Å². The molecule has 0 unspecified atom stereocenters. The molecule has 2 aromatic carbocycles. The van der Waals surface area contributed by atoms with Gasteiger partial charge >= 0.3 is 0 Å². The summed E-state index contributed by atoms with van der Waals surface area (Å²) in [5.41, 5.74) is 2.67. The fourth-order valence-corrected chi connectivity index (χ4v) is 6.05. The monoisotopic (exact) mass is 545 g/mol. The van der Waals surface area contributed by atoms with Crippen LogP contribution in [0.1, 0.15) is 49.7 Å². The van der Waals surface area contributed by atoms with Crippen molar-refractivity contribution in [2.24, 2.45) is 5.41 Å². The summed E-state index contributed by atoms with van der Waals surface area (Å²) < 4.78 is 25.1. The van der Waals surface area contributed by atoms with Gasteiger partial charge in [0, 0.05) is 45.1 Å². The zero-order chi connectivity index (χ0) is 27.6. The summed E-state index contributed by atoms with van der Waals surface area (Å²) in [6, 6.07) is 18.5. The topological polar surface area (TPSA) is 54.9 Å². The number of amides is 1. The van der Waals surface area contributed by atoms with Gasteiger partial charge in [0.2, 0.25) is 5.91 Å². The van der Waals surface area contributed by atoms with E-state index in [1.54, 1.807) is 12.1 Å². The van der Waals surface area contributed by atoms with Crippen molar-refractivity contribution in [1.29, 1.82) is 0 Å². The number of likely N-dealkylation sites (tertiary alicyclic amines) is 1. The Hall–Kier alpha value is -3.45. The molecule has 0 radical (unpaired) electrons. The predicted octanol–water partition coefficient (Wildman–Crippen LogP) is 5.91. The maximum Gasteiger partial charge on any atom is 0.225 e. The molecular weight excluding hydrogens is 505 g/mol. The predicted molar refractivity (Wildman–Crippen MR) is 154 cm³/mol. The Morgan fingerprint density at radius 1 is 0.975 bits per heavy atom. The van der Waals surface area contributed by atoms with Gasteiger partial charge in [-0.05, 0) is 85.0 Å². The van der Waals surface area contributed by atoms with Crippen molar-refractivity contribution in [2.45, 2.75) is 51.5 Å². The highest BCUT2D eigenvalue weighted by Crippen LogP contribution is 2.39. The van der Waals surface area contributed by atoms with Gasteiger partial charge in [-0.2, -0.15) is 0 Å². The van der Waals surface area contributed by atoms with Crippen molar-refractivity contribution in [2.75, 3.05) is 39.4 Å². The molecule has 3 aromatic rings. The number of piperidine rings is 1. The molecule has 5 rings (SSSR count). The Bertz CT molecular complexity index is 1210. The van der Waals surface area contributed by atoms with Crippen LogP contribution in [0.4, 0.5) is 4.39 Å². The highest BCUT2D eigenvalue weighted by atomic mass is 19.1. The van der Waals surface area contributed by atoms with E-state index in [0.29, 0.717) is 25.4 Å². The fraction of sp³-hybridized carbons (Fsp3) is 0.455. The first-order chi connectivity index (χ1) is 19.6. The van der Waals surface area contributed by atoms with Gasteiger partial charge in [-0.15, -0.1) is 0 Å². The van der Waals surface area contributed by atoms with Crippen LogP contribution in [0.3, 0.4) is 0 Å². The summed E-state index contributed by atoms with van der Waals surface area (Å²) in [5.74, 6) is 1.42. The first-order valence-electron chi connectivity index (χ1n) is 14.6. The van der Waals surface area contributed by atoms with E-state index in [-0.39, 0.29) is 17.1 Å². The molecule has 7 heteroatoms. The molecule has 2 aliphatic rings. The van der Waals surface area contributed by atoms with Gasteiger partial charge in [0.25, 0.3) is 0 Å². The second-order valence-electron chi connectivity index (χ2n) is 11.2. The van der Waals surface area contributed by atoms with Crippen LogP contribution in [0.2, 0.25) is 0 Å². The summed E-state index contributed by atoms with van der Waals surface area (Å²) >= 11 is 0. The number of ether oxygens (including phenoxy) is 2. The second-order valence-corrected chi connectivity index (χ2v) is 11.2. The largest absolute Gasteiger partial charge is 0.493 e. The number of carbonyl (C=O) groups is 1. The minimum Gasteiger partial charge on any atom is -0.493 e. The van der Waals surface area contributed by atoms with E-state index < -0.39 is 0 Å². The third-order valence-electron chi connectivity index (χ3n) is 8.30. The van der Waals surface area contributed by atoms with E-state index in [0.717, 1.165) is 77.0 Å². The van der Waals surface area contributed by atoms with Crippen molar-refractivity contribution >= 4 is 5.91 Å². The number of benzene rings is 2. The number of pyridine rings is 1. The lowest BCUT2D eigenvalue weighted by Gasteiger charge is -2.45. The average molecular weight is 546 g/mol. The number of fused-ring (bicyclic) bond motifs is 1. The van der Waals surface area contributed by atoms with E-state index in [9.17, 15) is 9.18 Å². The van der Waals surface area contributed by atoms with Crippen LogP contribution in [0.15, 0.2) is 73.1 Å². The van der Waals surface area contributed by atoms with Crippen molar-refractivity contribution < 1.29 is 18.7 Å². The number of halogens is 1. The summed E-state index contributed by atoms with van der Waals surface area (Å²) in [6.45, 7) is 5.16. The molecule has 2 aliphatic heterocycles. The summed E-state index contributed by atoms with van der Waals surface area (Å²) in [5, 5.41) is 0. The van der Waals surface area contributed by atoms with E-state index in [2.05, 4.69) is 40.2 Å². The van der Waals surface area contributed by atoms with Crippen LogP contribution in [-0.2, 0) is 17.8 Å². The Kier molecular flexibility index (Phi) is 9.66. The molecule has 0 aliphatic carbocycles. The van der Waals surface area contributed by atoms with Gasteiger partial charge in [-0.3, -0.25) is 14.7 Å². The van der Waals surface area contributed by atoms with E-state index in [1.807, 2.05) is 23.4 Å². The Labute approximate surface area is 237 Å². The molecule has 1 spiro atoms. The number of nitrogens with zero attached hydrogens (tertiary/aromatic N) is 3. The molecule has 0 atom stereocenters. The van der Waals surface area contributed by atoms with Gasteiger partial charge in [0.1, 0.15) is 23.9 Å². The van der Waals surface area contributed by atoms with Crippen LogP contribution in [0, 0.1) is 11.2 Å². The highest BCUT2D eigenvalue weighted by molar-refractivity contribution is 5.76. The van der Waals surface area contributed by atoms with Crippen LogP contribution in [-0.4, -0.2) is 60.1 Å². The van der Waals surface area contributed by atoms with Crippen molar-refractivity contribution in [3.8, 4) is 11.5 Å². The quantitative estimate of drug-likeness (QED) is 0.386.